The Morgan fingerprint density at radius 2 is 2.18 bits per heavy atom. The van der Waals surface area contributed by atoms with Gasteiger partial charge >= 0.3 is 5.97 Å². The van der Waals surface area contributed by atoms with Crippen LogP contribution in [0, 0.1) is 0 Å². The van der Waals surface area contributed by atoms with Gasteiger partial charge in [0.2, 0.25) is 5.91 Å². The van der Waals surface area contributed by atoms with E-state index < -0.39 is 11.5 Å². The van der Waals surface area contributed by atoms with Crippen LogP contribution in [0.5, 0.6) is 0 Å². The zero-order valence-corrected chi connectivity index (χ0v) is 10.8. The van der Waals surface area contributed by atoms with E-state index in [9.17, 15) is 9.59 Å². The van der Waals surface area contributed by atoms with Crippen molar-refractivity contribution in [2.75, 3.05) is 13.7 Å². The Balaban J connectivity index is 2.30. The number of esters is 1. The topological polar surface area (TPSA) is 67.4 Å². The van der Waals surface area contributed by atoms with Crippen LogP contribution in [0.1, 0.15) is 39.5 Å². The molecular formula is C12H22N2O3. The Hall–Kier alpha value is -1.10. The van der Waals surface area contributed by atoms with Gasteiger partial charge in [-0.1, -0.05) is 0 Å². The molecule has 98 valence electrons. The fraction of sp³-hybridized carbons (Fsp3) is 0.833. The lowest BCUT2D eigenvalue weighted by Gasteiger charge is -2.23. The molecular weight excluding hydrogens is 220 g/mol. The normalized spacial score (nSPS) is 20.1. The van der Waals surface area contributed by atoms with Crippen molar-refractivity contribution in [1.29, 1.82) is 0 Å². The van der Waals surface area contributed by atoms with E-state index in [1.807, 2.05) is 0 Å². The lowest BCUT2D eigenvalue weighted by atomic mass is 10.0. The smallest absolute Gasteiger partial charge is 0.330 e. The van der Waals surface area contributed by atoms with Crippen LogP contribution >= 0.6 is 0 Å². The zero-order chi connectivity index (χ0) is 12.9. The summed E-state index contributed by atoms with van der Waals surface area (Å²) < 4.78 is 4.63. The monoisotopic (exact) mass is 242 g/mol. The van der Waals surface area contributed by atoms with E-state index in [4.69, 9.17) is 0 Å². The van der Waals surface area contributed by atoms with Crippen molar-refractivity contribution in [1.82, 2.24) is 10.6 Å². The third kappa shape index (κ3) is 4.34. The van der Waals surface area contributed by atoms with Gasteiger partial charge < -0.3 is 15.4 Å². The van der Waals surface area contributed by atoms with Gasteiger partial charge in [-0.25, -0.2) is 4.79 Å². The minimum Gasteiger partial charge on any atom is -0.467 e. The van der Waals surface area contributed by atoms with Gasteiger partial charge in [0.05, 0.1) is 7.11 Å². The van der Waals surface area contributed by atoms with E-state index in [-0.39, 0.29) is 5.91 Å². The van der Waals surface area contributed by atoms with Crippen molar-refractivity contribution in [2.45, 2.75) is 51.1 Å². The highest BCUT2D eigenvalue weighted by atomic mass is 16.5. The van der Waals surface area contributed by atoms with E-state index in [2.05, 4.69) is 15.4 Å². The Bertz CT molecular complexity index is 283. The molecule has 0 spiro atoms. The summed E-state index contributed by atoms with van der Waals surface area (Å²) in [6.07, 6.45) is 3.58. The standard InChI is InChI=1S/C12H22N2O3/c1-12(2,11(16)17-3)14-10(15)7-6-9-5-4-8-13-9/h9,13H,4-8H2,1-3H3,(H,14,15). The van der Waals surface area contributed by atoms with Crippen LogP contribution in [-0.4, -0.2) is 37.1 Å². The van der Waals surface area contributed by atoms with Gasteiger partial charge in [-0.05, 0) is 39.7 Å². The molecule has 1 heterocycles. The summed E-state index contributed by atoms with van der Waals surface area (Å²) in [5.74, 6) is -0.529. The van der Waals surface area contributed by atoms with E-state index in [0.717, 1.165) is 19.4 Å². The Labute approximate surface area is 102 Å². The first-order valence-electron chi connectivity index (χ1n) is 6.08. The van der Waals surface area contributed by atoms with Crippen molar-refractivity contribution in [3.05, 3.63) is 0 Å². The third-order valence-electron chi connectivity index (χ3n) is 3.03. The van der Waals surface area contributed by atoms with E-state index in [1.165, 1.54) is 13.5 Å². The third-order valence-corrected chi connectivity index (χ3v) is 3.03. The van der Waals surface area contributed by atoms with Crippen LogP contribution in [0.4, 0.5) is 0 Å². The fourth-order valence-corrected chi connectivity index (χ4v) is 2.03. The van der Waals surface area contributed by atoms with Crippen LogP contribution in [0.3, 0.4) is 0 Å². The molecule has 1 aliphatic rings. The molecule has 1 saturated heterocycles. The number of nitrogens with one attached hydrogen (secondary N) is 2. The summed E-state index contributed by atoms with van der Waals surface area (Å²) in [5, 5.41) is 6.03. The summed E-state index contributed by atoms with van der Waals surface area (Å²) in [4.78, 5) is 23.1. The van der Waals surface area contributed by atoms with Crippen LogP contribution in [0.25, 0.3) is 0 Å². The molecule has 1 aliphatic heterocycles. The van der Waals surface area contributed by atoms with Crippen LogP contribution < -0.4 is 10.6 Å². The Morgan fingerprint density at radius 1 is 1.47 bits per heavy atom. The molecule has 0 aliphatic carbocycles. The number of amides is 1. The second-order valence-electron chi connectivity index (χ2n) is 5.00. The van der Waals surface area contributed by atoms with Gasteiger partial charge in [0.25, 0.3) is 0 Å². The minimum absolute atomic E-state index is 0.103. The molecule has 17 heavy (non-hydrogen) atoms. The second-order valence-corrected chi connectivity index (χ2v) is 5.00. The summed E-state index contributed by atoms with van der Waals surface area (Å²) in [6, 6.07) is 0.446. The van der Waals surface area contributed by atoms with Crippen molar-refractivity contribution < 1.29 is 14.3 Å². The molecule has 0 aromatic carbocycles. The molecule has 1 fully saturated rings. The quantitative estimate of drug-likeness (QED) is 0.692. The number of ether oxygens (including phenoxy) is 1. The molecule has 1 atom stereocenters. The predicted molar refractivity (Wildman–Crippen MR) is 64.5 cm³/mol. The lowest BCUT2D eigenvalue weighted by Crippen LogP contribution is -2.50. The molecule has 5 heteroatoms. The lowest BCUT2D eigenvalue weighted by molar-refractivity contribution is -0.149. The number of carbonyl (C=O) groups is 2. The molecule has 5 nitrogen and oxygen atoms in total. The van der Waals surface area contributed by atoms with E-state index in [1.54, 1.807) is 13.8 Å². The molecule has 1 rings (SSSR count). The summed E-state index contributed by atoms with van der Waals surface area (Å²) in [7, 11) is 1.32. The fourth-order valence-electron chi connectivity index (χ4n) is 2.03. The van der Waals surface area contributed by atoms with Crippen LogP contribution in [-0.2, 0) is 14.3 Å². The Kier molecular flexibility index (Phi) is 4.93. The number of hydrogen-bond donors (Lipinski definition) is 2. The first-order chi connectivity index (χ1) is 7.95. The highest BCUT2D eigenvalue weighted by Crippen LogP contribution is 2.11. The molecule has 1 amide bonds. The summed E-state index contributed by atoms with van der Waals surface area (Å²) in [6.45, 7) is 4.33. The largest absolute Gasteiger partial charge is 0.467 e. The number of methoxy groups -OCH3 is 1. The van der Waals surface area contributed by atoms with Gasteiger partial charge in [0, 0.05) is 12.5 Å². The molecule has 1 unspecified atom stereocenters. The van der Waals surface area contributed by atoms with Gasteiger partial charge in [-0.15, -0.1) is 0 Å². The number of hydrogen-bond acceptors (Lipinski definition) is 4. The average molecular weight is 242 g/mol. The second kappa shape index (κ2) is 6.00. The predicted octanol–water partition coefficient (Wildman–Crippen LogP) is 0.586. The van der Waals surface area contributed by atoms with Crippen LogP contribution in [0.2, 0.25) is 0 Å². The van der Waals surface area contributed by atoms with Crippen molar-refractivity contribution in [2.24, 2.45) is 0 Å². The maximum absolute atomic E-state index is 11.7. The zero-order valence-electron chi connectivity index (χ0n) is 10.8. The highest BCUT2D eigenvalue weighted by Gasteiger charge is 2.30. The Morgan fingerprint density at radius 3 is 2.71 bits per heavy atom. The maximum Gasteiger partial charge on any atom is 0.330 e. The molecule has 0 radical (unpaired) electrons. The van der Waals surface area contributed by atoms with Crippen molar-refractivity contribution in [3.63, 3.8) is 0 Å². The molecule has 0 bridgehead atoms. The number of carbonyl (C=O) groups excluding carboxylic acids is 2. The highest BCUT2D eigenvalue weighted by molar-refractivity contribution is 5.87. The molecule has 0 aromatic heterocycles. The molecule has 2 N–H and O–H groups in total. The van der Waals surface area contributed by atoms with Crippen LogP contribution in [0.15, 0.2) is 0 Å². The first-order valence-corrected chi connectivity index (χ1v) is 6.08. The van der Waals surface area contributed by atoms with Gasteiger partial charge in [0.15, 0.2) is 0 Å². The molecule has 0 aromatic rings. The van der Waals surface area contributed by atoms with E-state index >= 15 is 0 Å². The minimum atomic E-state index is -0.949. The van der Waals surface area contributed by atoms with Gasteiger partial charge in [0.1, 0.15) is 5.54 Å². The first kappa shape index (κ1) is 14.0. The van der Waals surface area contributed by atoms with Crippen molar-refractivity contribution in [3.8, 4) is 0 Å². The summed E-state index contributed by atoms with van der Waals surface area (Å²) >= 11 is 0. The molecule has 0 saturated carbocycles. The number of rotatable bonds is 5. The van der Waals surface area contributed by atoms with Gasteiger partial charge in [-0.2, -0.15) is 0 Å². The van der Waals surface area contributed by atoms with E-state index in [0.29, 0.717) is 12.5 Å². The summed E-state index contributed by atoms with van der Waals surface area (Å²) in [5.41, 5.74) is -0.949. The van der Waals surface area contributed by atoms with Crippen molar-refractivity contribution >= 4 is 11.9 Å². The maximum atomic E-state index is 11.7. The van der Waals surface area contributed by atoms with Gasteiger partial charge in [-0.3, -0.25) is 4.79 Å². The average Bonchev–Trinajstić information content (AvgIpc) is 2.77. The SMILES string of the molecule is COC(=O)C(C)(C)NC(=O)CCC1CCCN1.